The lowest BCUT2D eigenvalue weighted by Crippen LogP contribution is -2.30. The molecule has 1 amide bonds. The first-order valence-electron chi connectivity index (χ1n) is 5.27. The van der Waals surface area contributed by atoms with E-state index in [1.165, 1.54) is 0 Å². The first-order valence-corrected chi connectivity index (χ1v) is 5.70. The third kappa shape index (κ3) is 2.32. The van der Waals surface area contributed by atoms with E-state index in [4.69, 9.17) is 11.6 Å². The number of nitrogens with zero attached hydrogens (tertiary/aromatic N) is 1. The van der Waals surface area contributed by atoms with Crippen LogP contribution < -0.4 is 0 Å². The molecule has 0 N–H and O–H groups in total. The standard InChI is InChI=1S/C12H14ClNO/c13-11(10-6-2-1-3-7-10)12(15)14-8-4-5-9-14/h1-3,6-7,11H,4-5,8-9H2/t11-/m1/s1. The zero-order valence-electron chi connectivity index (χ0n) is 8.53. The van der Waals surface area contributed by atoms with Crippen LogP contribution in [0.5, 0.6) is 0 Å². The van der Waals surface area contributed by atoms with Crippen LogP contribution in [-0.4, -0.2) is 23.9 Å². The van der Waals surface area contributed by atoms with Crippen LogP contribution in [0.4, 0.5) is 0 Å². The van der Waals surface area contributed by atoms with Gasteiger partial charge in [-0.2, -0.15) is 0 Å². The van der Waals surface area contributed by atoms with Gasteiger partial charge in [-0.05, 0) is 18.4 Å². The van der Waals surface area contributed by atoms with Crippen LogP contribution in [0, 0.1) is 0 Å². The summed E-state index contributed by atoms with van der Waals surface area (Å²) in [5.74, 6) is 0.0420. The highest BCUT2D eigenvalue weighted by molar-refractivity contribution is 6.30. The maximum absolute atomic E-state index is 11.9. The van der Waals surface area contributed by atoms with Crippen molar-refractivity contribution in [2.45, 2.75) is 18.2 Å². The molecule has 1 aliphatic heterocycles. The van der Waals surface area contributed by atoms with Crippen LogP contribution in [0.15, 0.2) is 30.3 Å². The number of hydrogen-bond acceptors (Lipinski definition) is 1. The third-order valence-electron chi connectivity index (χ3n) is 2.73. The Hall–Kier alpha value is -1.02. The molecule has 2 rings (SSSR count). The molecule has 3 heteroatoms. The topological polar surface area (TPSA) is 20.3 Å². The lowest BCUT2D eigenvalue weighted by atomic mass is 10.1. The maximum atomic E-state index is 11.9. The summed E-state index contributed by atoms with van der Waals surface area (Å²) in [6.07, 6.45) is 2.20. The first kappa shape index (κ1) is 10.5. The number of likely N-dealkylation sites (tertiary alicyclic amines) is 1. The van der Waals surface area contributed by atoms with E-state index in [1.807, 2.05) is 35.2 Å². The molecule has 0 bridgehead atoms. The molecule has 1 fully saturated rings. The van der Waals surface area contributed by atoms with Crippen LogP contribution in [0.1, 0.15) is 23.8 Å². The zero-order chi connectivity index (χ0) is 10.7. The molecule has 2 nitrogen and oxygen atoms in total. The average Bonchev–Trinajstić information content (AvgIpc) is 2.82. The summed E-state index contributed by atoms with van der Waals surface area (Å²) in [7, 11) is 0. The van der Waals surface area contributed by atoms with E-state index in [-0.39, 0.29) is 5.91 Å². The number of benzene rings is 1. The minimum Gasteiger partial charge on any atom is -0.341 e. The molecule has 0 radical (unpaired) electrons. The summed E-state index contributed by atoms with van der Waals surface area (Å²) in [5, 5.41) is -0.524. The summed E-state index contributed by atoms with van der Waals surface area (Å²) in [6.45, 7) is 1.71. The largest absolute Gasteiger partial charge is 0.341 e. The number of rotatable bonds is 2. The number of amides is 1. The van der Waals surface area contributed by atoms with Crippen molar-refractivity contribution in [1.29, 1.82) is 0 Å². The van der Waals surface area contributed by atoms with E-state index in [0.29, 0.717) is 0 Å². The van der Waals surface area contributed by atoms with Gasteiger partial charge < -0.3 is 4.90 Å². The van der Waals surface area contributed by atoms with E-state index in [2.05, 4.69) is 0 Å². The Morgan fingerprint density at radius 1 is 1.20 bits per heavy atom. The second kappa shape index (κ2) is 4.67. The Kier molecular flexibility index (Phi) is 3.27. The van der Waals surface area contributed by atoms with Gasteiger partial charge in [0.05, 0.1) is 0 Å². The Labute approximate surface area is 94.8 Å². The lowest BCUT2D eigenvalue weighted by molar-refractivity contribution is -0.129. The molecule has 1 atom stereocenters. The van der Waals surface area contributed by atoms with Crippen molar-refractivity contribution < 1.29 is 4.79 Å². The number of halogens is 1. The van der Waals surface area contributed by atoms with Crippen LogP contribution in [0.25, 0.3) is 0 Å². The minimum atomic E-state index is -0.524. The number of carbonyl (C=O) groups excluding carboxylic acids is 1. The van der Waals surface area contributed by atoms with Crippen molar-refractivity contribution in [3.8, 4) is 0 Å². The van der Waals surface area contributed by atoms with Gasteiger partial charge in [0.25, 0.3) is 0 Å². The molecule has 1 heterocycles. The number of carbonyl (C=O) groups is 1. The monoisotopic (exact) mass is 223 g/mol. The van der Waals surface area contributed by atoms with Gasteiger partial charge in [-0.3, -0.25) is 4.79 Å². The van der Waals surface area contributed by atoms with Crippen LogP contribution in [0.2, 0.25) is 0 Å². The smallest absolute Gasteiger partial charge is 0.245 e. The minimum absolute atomic E-state index is 0.0420. The summed E-state index contributed by atoms with van der Waals surface area (Å²) in [4.78, 5) is 13.8. The first-order chi connectivity index (χ1) is 7.29. The van der Waals surface area contributed by atoms with E-state index >= 15 is 0 Å². The van der Waals surface area contributed by atoms with Gasteiger partial charge in [0.15, 0.2) is 0 Å². The molecular formula is C12H14ClNO. The second-order valence-electron chi connectivity index (χ2n) is 3.81. The molecule has 15 heavy (non-hydrogen) atoms. The van der Waals surface area contributed by atoms with Crippen LogP contribution >= 0.6 is 11.6 Å². The van der Waals surface area contributed by atoms with Crippen molar-refractivity contribution in [1.82, 2.24) is 4.90 Å². The van der Waals surface area contributed by atoms with Crippen molar-refractivity contribution in [2.75, 3.05) is 13.1 Å². The van der Waals surface area contributed by atoms with Gasteiger partial charge in [-0.1, -0.05) is 30.3 Å². The maximum Gasteiger partial charge on any atom is 0.245 e. The molecule has 80 valence electrons. The Bertz CT molecular complexity index is 333. The average molecular weight is 224 g/mol. The molecule has 0 aliphatic carbocycles. The zero-order valence-corrected chi connectivity index (χ0v) is 9.28. The van der Waals surface area contributed by atoms with Gasteiger partial charge in [0, 0.05) is 13.1 Å². The quantitative estimate of drug-likeness (QED) is 0.706. The molecule has 1 aromatic carbocycles. The highest BCUT2D eigenvalue weighted by atomic mass is 35.5. The molecule has 1 saturated heterocycles. The Morgan fingerprint density at radius 2 is 1.80 bits per heavy atom. The summed E-state index contributed by atoms with van der Waals surface area (Å²) in [6, 6.07) is 9.52. The molecule has 0 unspecified atom stereocenters. The SMILES string of the molecule is O=C([C@H](Cl)c1ccccc1)N1CCCC1. The Balaban J connectivity index is 2.07. The number of alkyl halides is 1. The van der Waals surface area contributed by atoms with Crippen molar-refractivity contribution in [2.24, 2.45) is 0 Å². The van der Waals surface area contributed by atoms with Gasteiger partial charge in [0.2, 0.25) is 5.91 Å². The molecule has 1 aliphatic rings. The van der Waals surface area contributed by atoms with Gasteiger partial charge in [-0.25, -0.2) is 0 Å². The predicted molar refractivity (Wildman–Crippen MR) is 60.9 cm³/mol. The molecule has 0 spiro atoms. The van der Waals surface area contributed by atoms with Crippen molar-refractivity contribution in [3.63, 3.8) is 0 Å². The molecule has 0 aromatic heterocycles. The highest BCUT2D eigenvalue weighted by Crippen LogP contribution is 2.24. The predicted octanol–water partition coefficient (Wildman–Crippen LogP) is 2.59. The molecular weight excluding hydrogens is 210 g/mol. The fourth-order valence-electron chi connectivity index (χ4n) is 1.86. The normalized spacial score (nSPS) is 17.8. The molecule has 1 aromatic rings. The van der Waals surface area contributed by atoms with E-state index in [0.717, 1.165) is 31.5 Å². The molecule has 0 saturated carbocycles. The lowest BCUT2D eigenvalue weighted by Gasteiger charge is -2.18. The highest BCUT2D eigenvalue weighted by Gasteiger charge is 2.25. The summed E-state index contributed by atoms with van der Waals surface area (Å²) >= 11 is 6.15. The van der Waals surface area contributed by atoms with Crippen LogP contribution in [-0.2, 0) is 4.79 Å². The van der Waals surface area contributed by atoms with E-state index < -0.39 is 5.38 Å². The third-order valence-corrected chi connectivity index (χ3v) is 3.17. The number of hydrogen-bond donors (Lipinski definition) is 0. The summed E-state index contributed by atoms with van der Waals surface area (Å²) in [5.41, 5.74) is 0.885. The van der Waals surface area contributed by atoms with Crippen LogP contribution in [0.3, 0.4) is 0 Å². The van der Waals surface area contributed by atoms with Gasteiger partial charge >= 0.3 is 0 Å². The Morgan fingerprint density at radius 3 is 2.40 bits per heavy atom. The van der Waals surface area contributed by atoms with Gasteiger partial charge in [0.1, 0.15) is 5.38 Å². The fraction of sp³-hybridized carbons (Fsp3) is 0.417. The second-order valence-corrected chi connectivity index (χ2v) is 4.24. The van der Waals surface area contributed by atoms with Gasteiger partial charge in [-0.15, -0.1) is 11.6 Å². The van der Waals surface area contributed by atoms with Crippen molar-refractivity contribution in [3.05, 3.63) is 35.9 Å². The summed E-state index contributed by atoms with van der Waals surface area (Å²) < 4.78 is 0. The van der Waals surface area contributed by atoms with E-state index in [9.17, 15) is 4.79 Å². The fourth-order valence-corrected chi connectivity index (χ4v) is 2.15. The van der Waals surface area contributed by atoms with Crippen molar-refractivity contribution >= 4 is 17.5 Å². The van der Waals surface area contributed by atoms with E-state index in [1.54, 1.807) is 0 Å².